The molecule has 3 rings (SSSR count). The van der Waals surface area contributed by atoms with Crippen molar-refractivity contribution in [3.8, 4) is 0 Å². The number of piperidine rings is 1. The minimum atomic E-state index is -0.104. The predicted octanol–water partition coefficient (Wildman–Crippen LogP) is 1.10. The van der Waals surface area contributed by atoms with Gasteiger partial charge in [-0.15, -0.1) is 0 Å². The number of nitrogens with one attached hydrogen (secondary N) is 1. The zero-order valence-electron chi connectivity index (χ0n) is 12.4. The maximum Gasteiger partial charge on any atom is 0.233 e. The molecule has 1 N–H and O–H groups in total. The van der Waals surface area contributed by atoms with Crippen LogP contribution in [0.25, 0.3) is 0 Å². The topological polar surface area (TPSA) is 58.6 Å². The first kappa shape index (κ1) is 14.7. The molecule has 0 aromatic carbocycles. The zero-order valence-corrected chi connectivity index (χ0v) is 12.4. The first-order chi connectivity index (χ1) is 10.3. The van der Waals surface area contributed by atoms with Crippen LogP contribution in [0, 0.1) is 11.8 Å². The van der Waals surface area contributed by atoms with Crippen molar-refractivity contribution in [3.63, 3.8) is 0 Å². The normalized spacial score (nSPS) is 30.0. The van der Waals surface area contributed by atoms with E-state index in [1.165, 1.54) is 4.90 Å². The third kappa shape index (κ3) is 3.19. The molecule has 0 spiro atoms. The van der Waals surface area contributed by atoms with Crippen molar-refractivity contribution < 1.29 is 14.3 Å². The second kappa shape index (κ2) is 6.71. The van der Waals surface area contributed by atoms with E-state index >= 15 is 0 Å². The molecule has 2 fully saturated rings. The van der Waals surface area contributed by atoms with E-state index in [0.717, 1.165) is 45.2 Å². The highest BCUT2D eigenvalue weighted by atomic mass is 16.5. The summed E-state index contributed by atoms with van der Waals surface area (Å²) in [6.45, 7) is 3.18. The number of hydrogen-bond acceptors (Lipinski definition) is 4. The van der Waals surface area contributed by atoms with Gasteiger partial charge in [-0.1, -0.05) is 12.2 Å². The molecule has 2 heterocycles. The number of amides is 2. The maximum absolute atomic E-state index is 12.3. The summed E-state index contributed by atoms with van der Waals surface area (Å²) in [6, 6.07) is 0. The van der Waals surface area contributed by atoms with Crippen LogP contribution in [0.2, 0.25) is 0 Å². The van der Waals surface area contributed by atoms with E-state index in [9.17, 15) is 9.59 Å². The average Bonchev–Trinajstić information content (AvgIpc) is 2.77. The second-order valence-electron chi connectivity index (χ2n) is 6.16. The zero-order chi connectivity index (χ0) is 14.7. The summed E-state index contributed by atoms with van der Waals surface area (Å²) >= 11 is 0. The summed E-state index contributed by atoms with van der Waals surface area (Å²) in [5, 5.41) is 3.31. The molecule has 0 aromatic rings. The number of imide groups is 1. The first-order valence-electron chi connectivity index (χ1n) is 8.10. The van der Waals surface area contributed by atoms with Crippen LogP contribution in [0.5, 0.6) is 0 Å². The van der Waals surface area contributed by atoms with Crippen molar-refractivity contribution in [3.05, 3.63) is 12.2 Å². The lowest BCUT2D eigenvalue weighted by molar-refractivity contribution is -0.140. The number of allylic oxidation sites excluding steroid dienone is 2. The number of ether oxygens (including phenoxy) is 1. The number of hydrogen-bond donors (Lipinski definition) is 1. The number of carbonyl (C=O) groups excluding carboxylic acids is 2. The molecule has 116 valence electrons. The Labute approximate surface area is 125 Å². The molecule has 2 aliphatic heterocycles. The Morgan fingerprint density at radius 1 is 1.10 bits per heavy atom. The van der Waals surface area contributed by atoms with E-state index in [4.69, 9.17) is 4.74 Å². The molecular weight excluding hydrogens is 268 g/mol. The van der Waals surface area contributed by atoms with E-state index in [0.29, 0.717) is 19.3 Å². The van der Waals surface area contributed by atoms with Gasteiger partial charge in [0.2, 0.25) is 11.8 Å². The summed E-state index contributed by atoms with van der Waals surface area (Å²) in [4.78, 5) is 26.0. The van der Waals surface area contributed by atoms with Gasteiger partial charge in [0, 0.05) is 13.2 Å². The highest BCUT2D eigenvalue weighted by Gasteiger charge is 2.46. The molecule has 1 aliphatic carbocycles. The second-order valence-corrected chi connectivity index (χ2v) is 6.16. The standard InChI is InChI=1S/C16H24N2O3/c19-15-13-4-1-2-5-14(13)16(20)18(15)10-3-11-21-12-6-8-17-9-7-12/h1-2,12-14,17H,3-11H2/t13-,14+. The van der Waals surface area contributed by atoms with Crippen LogP contribution in [0.3, 0.4) is 0 Å². The van der Waals surface area contributed by atoms with E-state index in [2.05, 4.69) is 5.32 Å². The third-order valence-electron chi connectivity index (χ3n) is 4.76. The van der Waals surface area contributed by atoms with Gasteiger partial charge in [0.1, 0.15) is 0 Å². The number of fused-ring (bicyclic) bond motifs is 1. The molecule has 2 saturated heterocycles. The summed E-state index contributed by atoms with van der Waals surface area (Å²) in [5.74, 6) is -0.159. The van der Waals surface area contributed by atoms with Crippen molar-refractivity contribution in [1.82, 2.24) is 10.2 Å². The van der Waals surface area contributed by atoms with Crippen molar-refractivity contribution in [2.24, 2.45) is 11.8 Å². The molecule has 0 radical (unpaired) electrons. The molecule has 3 aliphatic rings. The Morgan fingerprint density at radius 2 is 1.71 bits per heavy atom. The fourth-order valence-corrected chi connectivity index (χ4v) is 3.52. The molecule has 0 bridgehead atoms. The van der Waals surface area contributed by atoms with Gasteiger partial charge in [-0.2, -0.15) is 0 Å². The van der Waals surface area contributed by atoms with Crippen LogP contribution in [0.15, 0.2) is 12.2 Å². The minimum Gasteiger partial charge on any atom is -0.378 e. The van der Waals surface area contributed by atoms with Crippen LogP contribution >= 0.6 is 0 Å². The van der Waals surface area contributed by atoms with Gasteiger partial charge in [0.05, 0.1) is 17.9 Å². The van der Waals surface area contributed by atoms with Crippen LogP contribution in [0.1, 0.15) is 32.1 Å². The fraction of sp³-hybridized carbons (Fsp3) is 0.750. The molecule has 2 amide bonds. The SMILES string of the molecule is O=C1[C@H]2CC=CC[C@H]2C(=O)N1CCCOC1CCNCC1. The molecule has 21 heavy (non-hydrogen) atoms. The molecule has 0 saturated carbocycles. The summed E-state index contributed by atoms with van der Waals surface area (Å²) in [7, 11) is 0. The third-order valence-corrected chi connectivity index (χ3v) is 4.76. The summed E-state index contributed by atoms with van der Waals surface area (Å²) in [6.07, 6.45) is 8.67. The highest BCUT2D eigenvalue weighted by Crippen LogP contribution is 2.34. The van der Waals surface area contributed by atoms with Gasteiger partial charge in [0.25, 0.3) is 0 Å². The Morgan fingerprint density at radius 3 is 2.33 bits per heavy atom. The fourth-order valence-electron chi connectivity index (χ4n) is 3.52. The predicted molar refractivity (Wildman–Crippen MR) is 78.5 cm³/mol. The van der Waals surface area contributed by atoms with Crippen LogP contribution in [-0.4, -0.2) is 49.1 Å². The number of rotatable bonds is 5. The highest BCUT2D eigenvalue weighted by molar-refractivity contribution is 6.05. The number of nitrogens with zero attached hydrogens (tertiary/aromatic N) is 1. The quantitative estimate of drug-likeness (QED) is 0.468. The largest absolute Gasteiger partial charge is 0.378 e. The van der Waals surface area contributed by atoms with Gasteiger partial charge >= 0.3 is 0 Å². The van der Waals surface area contributed by atoms with Crippen molar-refractivity contribution in [2.45, 2.75) is 38.2 Å². The van der Waals surface area contributed by atoms with E-state index in [1.807, 2.05) is 12.2 Å². The van der Waals surface area contributed by atoms with Gasteiger partial charge in [-0.25, -0.2) is 0 Å². The lowest BCUT2D eigenvalue weighted by Gasteiger charge is -2.23. The van der Waals surface area contributed by atoms with Gasteiger partial charge in [-0.3, -0.25) is 14.5 Å². The van der Waals surface area contributed by atoms with Crippen molar-refractivity contribution in [1.29, 1.82) is 0 Å². The Hall–Kier alpha value is -1.20. The molecule has 2 atom stereocenters. The lowest BCUT2D eigenvalue weighted by atomic mass is 9.85. The van der Waals surface area contributed by atoms with Crippen molar-refractivity contribution >= 4 is 11.8 Å². The van der Waals surface area contributed by atoms with E-state index in [1.54, 1.807) is 0 Å². The molecule has 0 aromatic heterocycles. The Balaban J connectivity index is 1.43. The Kier molecular flexibility index (Phi) is 4.70. The lowest BCUT2D eigenvalue weighted by Crippen LogP contribution is -2.34. The molecule has 5 heteroatoms. The number of carbonyl (C=O) groups is 2. The number of likely N-dealkylation sites (tertiary alicyclic amines) is 1. The minimum absolute atomic E-state index is 0.0243. The van der Waals surface area contributed by atoms with Gasteiger partial charge in [0.15, 0.2) is 0 Å². The summed E-state index contributed by atoms with van der Waals surface area (Å²) in [5.41, 5.74) is 0. The van der Waals surface area contributed by atoms with Crippen LogP contribution in [0.4, 0.5) is 0 Å². The molecule has 0 unspecified atom stereocenters. The van der Waals surface area contributed by atoms with Gasteiger partial charge in [-0.05, 0) is 45.2 Å². The van der Waals surface area contributed by atoms with Gasteiger partial charge < -0.3 is 10.1 Å². The van der Waals surface area contributed by atoms with E-state index < -0.39 is 0 Å². The van der Waals surface area contributed by atoms with Crippen molar-refractivity contribution in [2.75, 3.05) is 26.2 Å². The monoisotopic (exact) mass is 292 g/mol. The Bertz CT molecular complexity index is 403. The summed E-state index contributed by atoms with van der Waals surface area (Å²) < 4.78 is 5.83. The smallest absolute Gasteiger partial charge is 0.233 e. The van der Waals surface area contributed by atoms with Crippen LogP contribution < -0.4 is 5.32 Å². The average molecular weight is 292 g/mol. The molecular formula is C16H24N2O3. The maximum atomic E-state index is 12.3. The molecule has 5 nitrogen and oxygen atoms in total. The van der Waals surface area contributed by atoms with E-state index in [-0.39, 0.29) is 23.7 Å². The first-order valence-corrected chi connectivity index (χ1v) is 8.10. The van der Waals surface area contributed by atoms with Crippen LogP contribution in [-0.2, 0) is 14.3 Å².